The van der Waals surface area contributed by atoms with E-state index in [0.29, 0.717) is 12.2 Å². The predicted molar refractivity (Wildman–Crippen MR) is 52.9 cm³/mol. The molecule has 0 amide bonds. The van der Waals surface area contributed by atoms with E-state index in [1.807, 2.05) is 0 Å². The minimum atomic E-state index is 0.487. The van der Waals surface area contributed by atoms with Crippen LogP contribution in [0.4, 0.5) is 0 Å². The van der Waals surface area contributed by atoms with Crippen LogP contribution in [0.5, 0.6) is 0 Å². The average molecular weight is 193 g/mol. The Kier molecular flexibility index (Phi) is 2.07. The fourth-order valence-electron chi connectivity index (χ4n) is 1.74. The largest absolute Gasteiger partial charge is 0.373 e. The van der Waals surface area contributed by atoms with E-state index in [4.69, 9.17) is 9.47 Å². The van der Waals surface area contributed by atoms with Crippen molar-refractivity contribution < 1.29 is 9.47 Å². The molecule has 76 valence electrons. The third-order valence-corrected chi connectivity index (χ3v) is 2.79. The number of epoxide rings is 2. The second-order valence-electron chi connectivity index (χ2n) is 4.16. The monoisotopic (exact) mass is 193 g/mol. The van der Waals surface area contributed by atoms with Gasteiger partial charge in [0.05, 0.1) is 25.4 Å². The lowest BCUT2D eigenvalue weighted by molar-refractivity contribution is 0.324. The molecule has 0 aromatic carbocycles. The van der Waals surface area contributed by atoms with Crippen molar-refractivity contribution in [2.75, 3.05) is 26.3 Å². The Morgan fingerprint density at radius 1 is 1.29 bits per heavy atom. The summed E-state index contributed by atoms with van der Waals surface area (Å²) in [5.41, 5.74) is 1.42. The molecule has 2 unspecified atom stereocenters. The third-order valence-electron chi connectivity index (χ3n) is 2.79. The van der Waals surface area contributed by atoms with Gasteiger partial charge in [-0.1, -0.05) is 6.08 Å². The molecule has 2 fully saturated rings. The molecular formula is C11H15NO2. The first-order valence-corrected chi connectivity index (χ1v) is 5.24. The molecule has 2 saturated heterocycles. The van der Waals surface area contributed by atoms with Crippen molar-refractivity contribution in [2.45, 2.75) is 18.6 Å². The molecule has 0 spiro atoms. The number of hydrogen-bond donors (Lipinski definition) is 0. The second kappa shape index (κ2) is 3.41. The van der Waals surface area contributed by atoms with Crippen molar-refractivity contribution in [3.63, 3.8) is 0 Å². The Hall–Kier alpha value is -0.800. The summed E-state index contributed by atoms with van der Waals surface area (Å²) in [6.45, 7) is 3.96. The lowest BCUT2D eigenvalue weighted by Gasteiger charge is -2.21. The van der Waals surface area contributed by atoms with Crippen molar-refractivity contribution in [1.29, 1.82) is 0 Å². The van der Waals surface area contributed by atoms with Crippen molar-refractivity contribution in [3.8, 4) is 0 Å². The summed E-state index contributed by atoms with van der Waals surface area (Å²) < 4.78 is 10.4. The summed E-state index contributed by atoms with van der Waals surface area (Å²) in [7, 11) is 0. The van der Waals surface area contributed by atoms with Gasteiger partial charge in [0.1, 0.15) is 0 Å². The molecule has 2 atom stereocenters. The van der Waals surface area contributed by atoms with E-state index < -0.39 is 0 Å². The van der Waals surface area contributed by atoms with Crippen LogP contribution in [0.15, 0.2) is 23.9 Å². The first-order chi connectivity index (χ1) is 6.90. The molecule has 0 bridgehead atoms. The summed E-state index contributed by atoms with van der Waals surface area (Å²) in [6.07, 6.45) is 8.76. The van der Waals surface area contributed by atoms with Crippen molar-refractivity contribution in [1.82, 2.24) is 4.90 Å². The lowest BCUT2D eigenvalue weighted by Crippen LogP contribution is -2.24. The molecule has 0 N–H and O–H groups in total. The Bertz CT molecular complexity index is 277. The first-order valence-electron chi connectivity index (χ1n) is 5.24. The van der Waals surface area contributed by atoms with Crippen molar-refractivity contribution in [2.24, 2.45) is 0 Å². The zero-order valence-electron chi connectivity index (χ0n) is 8.19. The van der Waals surface area contributed by atoms with Gasteiger partial charge in [0.25, 0.3) is 0 Å². The van der Waals surface area contributed by atoms with E-state index in [0.717, 1.165) is 32.7 Å². The van der Waals surface area contributed by atoms with E-state index in [1.165, 1.54) is 5.57 Å². The highest BCUT2D eigenvalue weighted by Crippen LogP contribution is 2.22. The maximum absolute atomic E-state index is 5.20. The maximum Gasteiger partial charge on any atom is 0.0984 e. The van der Waals surface area contributed by atoms with Gasteiger partial charge in [-0.2, -0.15) is 0 Å². The molecule has 3 aliphatic rings. The highest BCUT2D eigenvalue weighted by atomic mass is 16.6. The molecule has 0 aliphatic carbocycles. The van der Waals surface area contributed by atoms with Crippen LogP contribution in [-0.4, -0.2) is 43.4 Å². The SMILES string of the molecule is C1=CN(CC2CO2)CC=C1CC1CO1. The standard InChI is InChI=1S/C11H15NO2/c1-3-12(6-11-8-14-11)4-2-9(1)5-10-7-13-10/h1-3,10-11H,4-8H2. The molecule has 14 heavy (non-hydrogen) atoms. The fraction of sp³-hybridized carbons (Fsp3) is 0.636. The topological polar surface area (TPSA) is 28.3 Å². The maximum atomic E-state index is 5.20. The summed E-state index contributed by atoms with van der Waals surface area (Å²) in [6, 6.07) is 0. The van der Waals surface area contributed by atoms with E-state index >= 15 is 0 Å². The van der Waals surface area contributed by atoms with Crippen LogP contribution in [0.2, 0.25) is 0 Å². The zero-order chi connectivity index (χ0) is 9.38. The van der Waals surface area contributed by atoms with Crippen LogP contribution in [0.1, 0.15) is 6.42 Å². The van der Waals surface area contributed by atoms with Crippen LogP contribution >= 0.6 is 0 Å². The number of nitrogens with zero attached hydrogens (tertiary/aromatic N) is 1. The summed E-state index contributed by atoms with van der Waals surface area (Å²) >= 11 is 0. The zero-order valence-corrected chi connectivity index (χ0v) is 8.19. The Labute approximate surface area is 84.0 Å². The van der Waals surface area contributed by atoms with Gasteiger partial charge in [-0.15, -0.1) is 0 Å². The molecule has 3 heteroatoms. The van der Waals surface area contributed by atoms with Gasteiger partial charge in [0.15, 0.2) is 0 Å². The molecular weight excluding hydrogens is 178 g/mol. The van der Waals surface area contributed by atoms with Gasteiger partial charge in [-0.3, -0.25) is 0 Å². The van der Waals surface area contributed by atoms with E-state index in [1.54, 1.807) is 0 Å². The molecule has 0 radical (unpaired) electrons. The van der Waals surface area contributed by atoms with Gasteiger partial charge >= 0.3 is 0 Å². The highest BCUT2D eigenvalue weighted by Gasteiger charge is 2.26. The molecule has 0 saturated carbocycles. The molecule has 3 heterocycles. The van der Waals surface area contributed by atoms with Crippen LogP contribution < -0.4 is 0 Å². The Morgan fingerprint density at radius 3 is 2.64 bits per heavy atom. The van der Waals surface area contributed by atoms with Gasteiger partial charge in [0, 0.05) is 19.5 Å². The summed E-state index contributed by atoms with van der Waals surface area (Å²) in [5.74, 6) is 0. The fourth-order valence-corrected chi connectivity index (χ4v) is 1.74. The minimum Gasteiger partial charge on any atom is -0.373 e. The quantitative estimate of drug-likeness (QED) is 0.622. The molecule has 3 rings (SSSR count). The van der Waals surface area contributed by atoms with E-state index in [2.05, 4.69) is 23.3 Å². The summed E-state index contributed by atoms with van der Waals surface area (Å²) in [5, 5.41) is 0. The van der Waals surface area contributed by atoms with Crippen molar-refractivity contribution in [3.05, 3.63) is 23.9 Å². The third kappa shape index (κ3) is 2.16. The van der Waals surface area contributed by atoms with Crippen LogP contribution in [0.25, 0.3) is 0 Å². The van der Waals surface area contributed by atoms with Crippen molar-refractivity contribution >= 4 is 0 Å². The number of rotatable bonds is 4. The van der Waals surface area contributed by atoms with Gasteiger partial charge in [-0.05, 0) is 17.8 Å². The van der Waals surface area contributed by atoms with Gasteiger partial charge in [-0.25, -0.2) is 0 Å². The number of allylic oxidation sites excluding steroid dienone is 1. The first kappa shape index (κ1) is 8.50. The molecule has 0 aromatic heterocycles. The average Bonchev–Trinajstić information content (AvgIpc) is 3.02. The lowest BCUT2D eigenvalue weighted by atomic mass is 10.1. The van der Waals surface area contributed by atoms with Gasteiger partial charge < -0.3 is 14.4 Å². The Morgan fingerprint density at radius 2 is 2.07 bits per heavy atom. The van der Waals surface area contributed by atoms with Crippen LogP contribution in [-0.2, 0) is 9.47 Å². The number of hydrogen-bond acceptors (Lipinski definition) is 3. The predicted octanol–water partition coefficient (Wildman–Crippen LogP) is 0.930. The normalized spacial score (nSPS) is 34.3. The molecule has 3 nitrogen and oxygen atoms in total. The van der Waals surface area contributed by atoms with Gasteiger partial charge in [0.2, 0.25) is 0 Å². The molecule has 3 aliphatic heterocycles. The second-order valence-corrected chi connectivity index (χ2v) is 4.16. The molecule has 0 aromatic rings. The summed E-state index contributed by atoms with van der Waals surface area (Å²) in [4.78, 5) is 2.30. The Balaban J connectivity index is 1.49. The highest BCUT2D eigenvalue weighted by molar-refractivity contribution is 5.24. The smallest absolute Gasteiger partial charge is 0.0984 e. The van der Waals surface area contributed by atoms with Crippen LogP contribution in [0, 0.1) is 0 Å². The van der Waals surface area contributed by atoms with Crippen LogP contribution in [0.3, 0.4) is 0 Å². The number of ether oxygens (including phenoxy) is 2. The van der Waals surface area contributed by atoms with E-state index in [-0.39, 0.29) is 0 Å². The van der Waals surface area contributed by atoms with E-state index in [9.17, 15) is 0 Å². The minimum absolute atomic E-state index is 0.487.